The molecule has 0 spiro atoms. The third-order valence-electron chi connectivity index (χ3n) is 1.58. The largest absolute Gasteiger partial charge is 0.382 e. The molecule has 6 nitrogen and oxygen atoms in total. The summed E-state index contributed by atoms with van der Waals surface area (Å²) in [5, 5.41) is 8.39. The molecule has 0 aromatic carbocycles. The summed E-state index contributed by atoms with van der Waals surface area (Å²) >= 11 is 0. The van der Waals surface area contributed by atoms with Gasteiger partial charge in [-0.05, 0) is 0 Å². The van der Waals surface area contributed by atoms with E-state index in [1.54, 1.807) is 0 Å². The predicted molar refractivity (Wildman–Crippen MR) is 49.0 cm³/mol. The van der Waals surface area contributed by atoms with Gasteiger partial charge in [0, 0.05) is 19.4 Å². The van der Waals surface area contributed by atoms with E-state index in [1.807, 2.05) is 6.07 Å². The number of nitriles is 1. The van der Waals surface area contributed by atoms with Gasteiger partial charge in [-0.2, -0.15) is 5.26 Å². The molecule has 1 heterocycles. The fourth-order valence-electron chi connectivity index (χ4n) is 0.872. The first kappa shape index (κ1) is 9.92. The minimum Gasteiger partial charge on any atom is -0.382 e. The SMILES string of the molecule is CN(CC#N)C(=O)c1nccnc1N. The standard InChI is InChI=1S/C8H9N5O/c1-13(5-2-9)8(14)6-7(10)12-4-3-11-6/h3-4H,5H2,1H3,(H2,10,12). The van der Waals surface area contributed by atoms with Crippen LogP contribution in [0.25, 0.3) is 0 Å². The molecule has 1 aromatic heterocycles. The molecule has 0 atom stereocenters. The van der Waals surface area contributed by atoms with Crippen LogP contribution in [0.3, 0.4) is 0 Å². The molecule has 14 heavy (non-hydrogen) atoms. The molecule has 0 radical (unpaired) electrons. The smallest absolute Gasteiger partial charge is 0.276 e. The summed E-state index contributed by atoms with van der Waals surface area (Å²) in [4.78, 5) is 20.3. The topological polar surface area (TPSA) is 95.9 Å². The van der Waals surface area contributed by atoms with E-state index in [0.717, 1.165) is 0 Å². The summed E-state index contributed by atoms with van der Waals surface area (Å²) < 4.78 is 0. The minimum atomic E-state index is -0.405. The highest BCUT2D eigenvalue weighted by Gasteiger charge is 2.15. The average Bonchev–Trinajstić information content (AvgIpc) is 2.18. The van der Waals surface area contributed by atoms with Gasteiger partial charge in [-0.1, -0.05) is 0 Å². The Morgan fingerprint density at radius 2 is 2.29 bits per heavy atom. The molecule has 0 saturated heterocycles. The van der Waals surface area contributed by atoms with E-state index < -0.39 is 5.91 Å². The van der Waals surface area contributed by atoms with Crippen molar-refractivity contribution in [1.29, 1.82) is 5.26 Å². The minimum absolute atomic E-state index is 0.00511. The molecule has 0 saturated carbocycles. The average molecular weight is 191 g/mol. The van der Waals surface area contributed by atoms with E-state index in [-0.39, 0.29) is 18.1 Å². The normalized spacial score (nSPS) is 9.14. The molecule has 1 rings (SSSR count). The van der Waals surface area contributed by atoms with Crippen LogP contribution in [-0.4, -0.2) is 34.4 Å². The van der Waals surface area contributed by atoms with Crippen LogP contribution >= 0.6 is 0 Å². The number of carbonyl (C=O) groups excluding carboxylic acids is 1. The maximum absolute atomic E-state index is 11.5. The molecule has 1 amide bonds. The summed E-state index contributed by atoms with van der Waals surface area (Å²) in [6, 6.07) is 1.85. The zero-order chi connectivity index (χ0) is 10.6. The first-order valence-electron chi connectivity index (χ1n) is 3.85. The number of nitrogens with zero attached hydrogens (tertiary/aromatic N) is 4. The van der Waals surface area contributed by atoms with Crippen LogP contribution in [0.4, 0.5) is 5.82 Å². The zero-order valence-electron chi connectivity index (χ0n) is 7.64. The summed E-state index contributed by atoms with van der Waals surface area (Å²) in [6.07, 6.45) is 2.78. The molecule has 0 aliphatic heterocycles. The molecule has 2 N–H and O–H groups in total. The van der Waals surface area contributed by atoms with Gasteiger partial charge in [-0.15, -0.1) is 0 Å². The van der Waals surface area contributed by atoms with Crippen molar-refractivity contribution in [2.24, 2.45) is 0 Å². The second-order valence-electron chi connectivity index (χ2n) is 2.61. The highest BCUT2D eigenvalue weighted by atomic mass is 16.2. The summed E-state index contributed by atoms with van der Waals surface area (Å²) in [5.74, 6) is -0.334. The van der Waals surface area contributed by atoms with E-state index in [2.05, 4.69) is 9.97 Å². The highest BCUT2D eigenvalue weighted by molar-refractivity contribution is 5.96. The van der Waals surface area contributed by atoms with Crippen LogP contribution in [0.2, 0.25) is 0 Å². The molecule has 0 aliphatic rings. The van der Waals surface area contributed by atoms with Gasteiger partial charge < -0.3 is 10.6 Å². The van der Waals surface area contributed by atoms with Crippen molar-refractivity contribution in [3.63, 3.8) is 0 Å². The van der Waals surface area contributed by atoms with Crippen LogP contribution in [0.1, 0.15) is 10.5 Å². The monoisotopic (exact) mass is 191 g/mol. The van der Waals surface area contributed by atoms with Gasteiger partial charge in [0.1, 0.15) is 6.54 Å². The van der Waals surface area contributed by atoms with Crippen LogP contribution < -0.4 is 5.73 Å². The first-order valence-corrected chi connectivity index (χ1v) is 3.85. The number of hydrogen-bond acceptors (Lipinski definition) is 5. The Bertz CT molecular complexity index is 384. The zero-order valence-corrected chi connectivity index (χ0v) is 7.64. The van der Waals surface area contributed by atoms with Crippen molar-refractivity contribution in [3.8, 4) is 6.07 Å². The van der Waals surface area contributed by atoms with Gasteiger partial charge in [-0.25, -0.2) is 9.97 Å². The summed E-state index contributed by atoms with van der Waals surface area (Å²) in [6.45, 7) is -0.00511. The Morgan fingerprint density at radius 3 is 2.86 bits per heavy atom. The van der Waals surface area contributed by atoms with Gasteiger partial charge in [-0.3, -0.25) is 4.79 Å². The quantitative estimate of drug-likeness (QED) is 0.645. The predicted octanol–water partition coefficient (Wildman–Crippen LogP) is -0.346. The van der Waals surface area contributed by atoms with Crippen molar-refractivity contribution < 1.29 is 4.79 Å². The van der Waals surface area contributed by atoms with E-state index in [0.29, 0.717) is 0 Å². The maximum atomic E-state index is 11.5. The molecule has 0 fully saturated rings. The number of hydrogen-bond donors (Lipinski definition) is 1. The van der Waals surface area contributed by atoms with Crippen LogP contribution in [-0.2, 0) is 0 Å². The van der Waals surface area contributed by atoms with E-state index in [1.165, 1.54) is 24.3 Å². The Hall–Kier alpha value is -2.16. The number of rotatable bonds is 2. The summed E-state index contributed by atoms with van der Waals surface area (Å²) in [7, 11) is 1.50. The Morgan fingerprint density at radius 1 is 1.64 bits per heavy atom. The number of anilines is 1. The maximum Gasteiger partial charge on any atom is 0.276 e. The van der Waals surface area contributed by atoms with Crippen molar-refractivity contribution in [1.82, 2.24) is 14.9 Å². The third-order valence-corrected chi connectivity index (χ3v) is 1.58. The third kappa shape index (κ3) is 1.95. The lowest BCUT2D eigenvalue weighted by atomic mass is 10.3. The van der Waals surface area contributed by atoms with Gasteiger partial charge in [0.05, 0.1) is 6.07 Å². The number of nitrogen functional groups attached to an aromatic ring is 1. The van der Waals surface area contributed by atoms with E-state index in [9.17, 15) is 4.79 Å². The summed E-state index contributed by atoms with van der Waals surface area (Å²) in [5.41, 5.74) is 5.53. The van der Waals surface area contributed by atoms with Crippen LogP contribution in [0.5, 0.6) is 0 Å². The van der Waals surface area contributed by atoms with Crippen LogP contribution in [0.15, 0.2) is 12.4 Å². The molecule has 0 bridgehead atoms. The van der Waals surface area contributed by atoms with Crippen molar-refractivity contribution >= 4 is 11.7 Å². The van der Waals surface area contributed by atoms with Crippen molar-refractivity contribution in [3.05, 3.63) is 18.1 Å². The van der Waals surface area contributed by atoms with Crippen LogP contribution in [0, 0.1) is 11.3 Å². The lowest BCUT2D eigenvalue weighted by molar-refractivity contribution is 0.0807. The van der Waals surface area contributed by atoms with Gasteiger partial charge in [0.2, 0.25) is 0 Å². The fourth-order valence-corrected chi connectivity index (χ4v) is 0.872. The molecule has 6 heteroatoms. The molecule has 0 unspecified atom stereocenters. The van der Waals surface area contributed by atoms with Gasteiger partial charge in [0.15, 0.2) is 11.5 Å². The number of amides is 1. The number of nitrogens with two attached hydrogens (primary N) is 1. The molecule has 72 valence electrons. The lowest BCUT2D eigenvalue weighted by Gasteiger charge is -2.12. The van der Waals surface area contributed by atoms with Gasteiger partial charge in [0.25, 0.3) is 5.91 Å². The molecular weight excluding hydrogens is 182 g/mol. The first-order chi connectivity index (χ1) is 6.66. The fraction of sp³-hybridized carbons (Fsp3) is 0.250. The lowest BCUT2D eigenvalue weighted by Crippen LogP contribution is -2.28. The van der Waals surface area contributed by atoms with E-state index in [4.69, 9.17) is 11.0 Å². The van der Waals surface area contributed by atoms with Crippen molar-refractivity contribution in [2.45, 2.75) is 0 Å². The second kappa shape index (κ2) is 4.18. The number of carbonyl (C=O) groups is 1. The van der Waals surface area contributed by atoms with E-state index >= 15 is 0 Å². The Kier molecular flexibility index (Phi) is 2.97. The number of aromatic nitrogens is 2. The molecule has 0 aliphatic carbocycles. The highest BCUT2D eigenvalue weighted by Crippen LogP contribution is 2.05. The van der Waals surface area contributed by atoms with Crippen molar-refractivity contribution in [2.75, 3.05) is 19.3 Å². The Labute approximate surface area is 81.0 Å². The van der Waals surface area contributed by atoms with Gasteiger partial charge >= 0.3 is 0 Å². The second-order valence-corrected chi connectivity index (χ2v) is 2.61. The molecule has 1 aromatic rings. The Balaban J connectivity index is 2.91. The molecular formula is C8H9N5O.